The zero-order valence-corrected chi connectivity index (χ0v) is 14.5. The molecule has 1 aromatic carbocycles. The van der Waals surface area contributed by atoms with Crippen molar-refractivity contribution >= 4 is 27.7 Å². The van der Waals surface area contributed by atoms with E-state index < -0.39 is 0 Å². The number of rotatable bonds is 3. The predicted molar refractivity (Wildman–Crippen MR) is 90.7 cm³/mol. The number of hydrogen-bond acceptors (Lipinski definition) is 4. The summed E-state index contributed by atoms with van der Waals surface area (Å²) in [4.78, 5) is 19.1. The second-order valence-electron chi connectivity index (χ2n) is 5.59. The molecule has 0 fully saturated rings. The second-order valence-corrected chi connectivity index (χ2v) is 8.25. The molecule has 0 radical (unpaired) electrons. The van der Waals surface area contributed by atoms with Crippen LogP contribution in [0.5, 0.6) is 5.88 Å². The van der Waals surface area contributed by atoms with Crippen molar-refractivity contribution in [3.8, 4) is 17.0 Å². The Labute approximate surface area is 136 Å². The van der Waals surface area contributed by atoms with Crippen molar-refractivity contribution in [3.63, 3.8) is 0 Å². The lowest BCUT2D eigenvalue weighted by Gasteiger charge is -2.17. The lowest BCUT2D eigenvalue weighted by Crippen LogP contribution is -2.15. The van der Waals surface area contributed by atoms with E-state index in [0.29, 0.717) is 17.1 Å². The van der Waals surface area contributed by atoms with Crippen LogP contribution in [0.2, 0.25) is 0 Å². The maximum Gasteiger partial charge on any atom is 0.262 e. The zero-order valence-electron chi connectivity index (χ0n) is 12.1. The largest absolute Gasteiger partial charge is 0.493 e. The summed E-state index contributed by atoms with van der Waals surface area (Å²) in [5.41, 5.74) is 0.477. The SMILES string of the molecule is CC(C)(C)SCc1nc(O)c(-c2ccccc2Br)c(=O)[nH]1. The summed E-state index contributed by atoms with van der Waals surface area (Å²) >= 11 is 5.04. The first kappa shape index (κ1) is 16.1. The van der Waals surface area contributed by atoms with E-state index in [4.69, 9.17) is 0 Å². The number of aromatic nitrogens is 2. The quantitative estimate of drug-likeness (QED) is 0.860. The smallest absolute Gasteiger partial charge is 0.262 e. The molecule has 0 saturated carbocycles. The molecule has 1 heterocycles. The summed E-state index contributed by atoms with van der Waals surface area (Å²) in [6, 6.07) is 7.24. The number of H-pyrrole nitrogens is 1. The molecule has 2 aromatic rings. The second kappa shape index (κ2) is 6.23. The Morgan fingerprint density at radius 2 is 2.00 bits per heavy atom. The van der Waals surface area contributed by atoms with Crippen LogP contribution in [0.1, 0.15) is 26.6 Å². The minimum absolute atomic E-state index is 0.0648. The molecule has 21 heavy (non-hydrogen) atoms. The first-order valence-corrected chi connectivity index (χ1v) is 8.27. The van der Waals surface area contributed by atoms with E-state index in [0.717, 1.165) is 4.47 Å². The summed E-state index contributed by atoms with van der Waals surface area (Å²) in [7, 11) is 0. The van der Waals surface area contributed by atoms with E-state index in [1.807, 2.05) is 18.2 Å². The Kier molecular flexibility index (Phi) is 4.78. The molecule has 0 bridgehead atoms. The third kappa shape index (κ3) is 4.11. The summed E-state index contributed by atoms with van der Waals surface area (Å²) in [6.07, 6.45) is 0. The number of benzene rings is 1. The maximum absolute atomic E-state index is 12.3. The van der Waals surface area contributed by atoms with Gasteiger partial charge in [-0.2, -0.15) is 4.98 Å². The first-order chi connectivity index (χ1) is 9.78. The van der Waals surface area contributed by atoms with E-state index in [-0.39, 0.29) is 21.7 Å². The topological polar surface area (TPSA) is 66.0 Å². The fourth-order valence-corrected chi connectivity index (χ4v) is 2.96. The third-order valence-corrected chi connectivity index (χ3v) is 4.71. The molecule has 0 aliphatic carbocycles. The van der Waals surface area contributed by atoms with E-state index in [1.54, 1.807) is 17.8 Å². The standard InChI is InChI=1S/C15H17BrN2O2S/c1-15(2,3)21-8-11-17-13(19)12(14(20)18-11)9-6-4-5-7-10(9)16/h4-7H,8H2,1-3H3,(H2,17,18,19,20). The highest BCUT2D eigenvalue weighted by Gasteiger charge is 2.17. The van der Waals surface area contributed by atoms with Gasteiger partial charge < -0.3 is 10.1 Å². The molecule has 1 aromatic heterocycles. The fourth-order valence-electron chi connectivity index (χ4n) is 1.77. The number of aromatic amines is 1. The van der Waals surface area contributed by atoms with Gasteiger partial charge in [-0.3, -0.25) is 4.79 Å². The van der Waals surface area contributed by atoms with Crippen molar-refractivity contribution in [3.05, 3.63) is 44.9 Å². The summed E-state index contributed by atoms with van der Waals surface area (Å²) in [5, 5.41) is 10.1. The Hall–Kier alpha value is -1.27. The lowest BCUT2D eigenvalue weighted by molar-refractivity contribution is 0.451. The third-order valence-electron chi connectivity index (χ3n) is 2.73. The molecule has 0 aliphatic rings. The van der Waals surface area contributed by atoms with Crippen molar-refractivity contribution in [2.24, 2.45) is 0 Å². The van der Waals surface area contributed by atoms with Gasteiger partial charge in [-0.05, 0) is 6.07 Å². The number of nitrogens with one attached hydrogen (secondary N) is 1. The van der Waals surface area contributed by atoms with Crippen molar-refractivity contribution in [1.82, 2.24) is 9.97 Å². The first-order valence-electron chi connectivity index (χ1n) is 6.49. The Bertz CT molecular complexity index is 708. The molecule has 0 spiro atoms. The van der Waals surface area contributed by atoms with Crippen molar-refractivity contribution in [1.29, 1.82) is 0 Å². The number of nitrogens with zero attached hydrogens (tertiary/aromatic N) is 1. The Morgan fingerprint density at radius 1 is 1.33 bits per heavy atom. The molecule has 0 atom stereocenters. The molecule has 0 aliphatic heterocycles. The van der Waals surface area contributed by atoms with E-state index >= 15 is 0 Å². The van der Waals surface area contributed by atoms with Gasteiger partial charge in [0.1, 0.15) is 11.4 Å². The van der Waals surface area contributed by atoms with Crippen LogP contribution in [0.3, 0.4) is 0 Å². The molecule has 6 heteroatoms. The molecule has 4 nitrogen and oxygen atoms in total. The van der Waals surface area contributed by atoms with Crippen LogP contribution in [-0.4, -0.2) is 19.8 Å². The highest BCUT2D eigenvalue weighted by molar-refractivity contribution is 9.10. The molecular formula is C15H17BrN2O2S. The normalized spacial score (nSPS) is 11.6. The minimum atomic E-state index is -0.334. The Balaban J connectivity index is 2.39. The molecule has 0 saturated heterocycles. The summed E-state index contributed by atoms with van der Waals surface area (Å²) in [5.74, 6) is 0.783. The fraction of sp³-hybridized carbons (Fsp3) is 0.333. The number of aromatic hydroxyl groups is 1. The van der Waals surface area contributed by atoms with Crippen molar-refractivity contribution < 1.29 is 5.11 Å². The molecule has 0 amide bonds. The van der Waals surface area contributed by atoms with E-state index in [2.05, 4.69) is 46.7 Å². The number of hydrogen-bond donors (Lipinski definition) is 2. The van der Waals surface area contributed by atoms with Crippen LogP contribution in [0.15, 0.2) is 33.5 Å². The van der Waals surface area contributed by atoms with Gasteiger partial charge in [0, 0.05) is 14.8 Å². The van der Waals surface area contributed by atoms with Gasteiger partial charge in [0.05, 0.1) is 5.75 Å². The van der Waals surface area contributed by atoms with Crippen LogP contribution in [0.4, 0.5) is 0 Å². The van der Waals surface area contributed by atoms with Crippen LogP contribution < -0.4 is 5.56 Å². The average molecular weight is 369 g/mol. The van der Waals surface area contributed by atoms with Crippen molar-refractivity contribution in [2.45, 2.75) is 31.3 Å². The monoisotopic (exact) mass is 368 g/mol. The van der Waals surface area contributed by atoms with Gasteiger partial charge in [-0.25, -0.2) is 0 Å². The van der Waals surface area contributed by atoms with Crippen LogP contribution in [0.25, 0.3) is 11.1 Å². The van der Waals surface area contributed by atoms with Gasteiger partial charge in [-0.1, -0.05) is 54.9 Å². The summed E-state index contributed by atoms with van der Waals surface area (Å²) < 4.78 is 0.805. The van der Waals surface area contributed by atoms with Gasteiger partial charge >= 0.3 is 0 Å². The van der Waals surface area contributed by atoms with Crippen molar-refractivity contribution in [2.75, 3.05) is 0 Å². The molecule has 2 N–H and O–H groups in total. The van der Waals surface area contributed by atoms with E-state index in [1.165, 1.54) is 0 Å². The predicted octanol–water partition coefficient (Wildman–Crippen LogP) is 3.94. The van der Waals surface area contributed by atoms with Gasteiger partial charge in [0.2, 0.25) is 5.88 Å². The highest BCUT2D eigenvalue weighted by atomic mass is 79.9. The zero-order chi connectivity index (χ0) is 15.6. The van der Waals surface area contributed by atoms with Gasteiger partial charge in [0.25, 0.3) is 5.56 Å². The molecule has 2 rings (SSSR count). The van der Waals surface area contributed by atoms with Crippen LogP contribution >= 0.6 is 27.7 Å². The number of thioether (sulfide) groups is 1. The minimum Gasteiger partial charge on any atom is -0.493 e. The average Bonchev–Trinajstić information content (AvgIpc) is 2.37. The van der Waals surface area contributed by atoms with Gasteiger partial charge in [-0.15, -0.1) is 11.8 Å². The lowest BCUT2D eigenvalue weighted by atomic mass is 10.1. The molecular weight excluding hydrogens is 352 g/mol. The molecule has 0 unspecified atom stereocenters. The van der Waals surface area contributed by atoms with Crippen LogP contribution in [-0.2, 0) is 5.75 Å². The number of halogens is 1. The molecule has 112 valence electrons. The highest BCUT2D eigenvalue weighted by Crippen LogP contribution is 2.31. The maximum atomic E-state index is 12.3. The summed E-state index contributed by atoms with van der Waals surface area (Å²) in [6.45, 7) is 6.27. The van der Waals surface area contributed by atoms with Gasteiger partial charge in [0.15, 0.2) is 0 Å². The van der Waals surface area contributed by atoms with Crippen LogP contribution in [0, 0.1) is 0 Å². The Morgan fingerprint density at radius 3 is 2.57 bits per heavy atom. The van der Waals surface area contributed by atoms with E-state index in [9.17, 15) is 9.90 Å².